The summed E-state index contributed by atoms with van der Waals surface area (Å²) in [7, 11) is 6.53. The van der Waals surface area contributed by atoms with Gasteiger partial charge < -0.3 is 38.4 Å². The summed E-state index contributed by atoms with van der Waals surface area (Å²) in [6.45, 7) is 28.9. The van der Waals surface area contributed by atoms with Crippen molar-refractivity contribution in [3.8, 4) is 129 Å². The predicted octanol–water partition coefficient (Wildman–Crippen LogP) is 18.4. The molecule has 0 N–H and O–H groups in total. The minimum absolute atomic E-state index is 0.693. The highest BCUT2D eigenvalue weighted by molar-refractivity contribution is 5.82. The molecule has 5 aliphatic heterocycles. The molecular formula is C118H129N25O5. The summed E-state index contributed by atoms with van der Waals surface area (Å²) >= 11 is 0. The second-order valence-electron chi connectivity index (χ2n) is 38.5. The number of piperazine rings is 3. The van der Waals surface area contributed by atoms with Crippen LogP contribution in [0.3, 0.4) is 0 Å². The Bertz CT molecular complexity index is 7380. The average Bonchev–Trinajstić information content (AvgIpc) is 1.66. The lowest BCUT2D eigenvalue weighted by Gasteiger charge is -2.32. The number of benzene rings is 7. The molecule has 5 saturated heterocycles. The van der Waals surface area contributed by atoms with E-state index in [2.05, 4.69) is 220 Å². The molecule has 0 bridgehead atoms. The number of piperidine rings is 2. The first kappa shape index (κ1) is 99.9. The van der Waals surface area contributed by atoms with Gasteiger partial charge in [0.2, 0.25) is 0 Å². The average molecular weight is 1980 g/mol. The fraction of sp³-hybridized carbons (Fsp3) is 0.305. The van der Waals surface area contributed by atoms with Crippen molar-refractivity contribution in [2.45, 2.75) is 45.4 Å². The van der Waals surface area contributed by atoms with Crippen LogP contribution in [0, 0.1) is 6.92 Å². The van der Waals surface area contributed by atoms with Gasteiger partial charge in [-0.15, -0.1) is 0 Å². The molecule has 12 aromatic heterocycles. The number of aromatic nitrogens is 17. The Morgan fingerprint density at radius 2 is 0.514 bits per heavy atom. The van der Waals surface area contributed by atoms with Gasteiger partial charge in [-0.3, -0.25) is 34.5 Å². The molecule has 5 fully saturated rings. The van der Waals surface area contributed by atoms with Crippen molar-refractivity contribution in [3.63, 3.8) is 0 Å². The van der Waals surface area contributed by atoms with E-state index >= 15 is 0 Å². The lowest BCUT2D eigenvalue weighted by molar-refractivity contribution is 0.133. The third-order valence-electron chi connectivity index (χ3n) is 28.1. The third-order valence-corrected chi connectivity index (χ3v) is 28.1. The van der Waals surface area contributed by atoms with Crippen LogP contribution in [0.2, 0.25) is 0 Å². The summed E-state index contributed by atoms with van der Waals surface area (Å²) < 4.78 is 38.9. The third kappa shape index (κ3) is 26.5. The number of rotatable bonds is 29. The Kier molecular flexibility index (Phi) is 33.5. The van der Waals surface area contributed by atoms with Crippen LogP contribution in [0.15, 0.2) is 324 Å². The van der Waals surface area contributed by atoms with Crippen LogP contribution >= 0.6 is 0 Å². The quantitative estimate of drug-likeness (QED) is 0.0422. The van der Waals surface area contributed by atoms with Crippen molar-refractivity contribution in [2.75, 3.05) is 192 Å². The molecule has 19 aromatic rings. The Morgan fingerprint density at radius 1 is 0.223 bits per heavy atom. The van der Waals surface area contributed by atoms with Crippen LogP contribution < -0.4 is 23.7 Å². The molecule has 30 heteroatoms. The smallest absolute Gasteiger partial charge is 0.162 e. The molecule has 0 aliphatic carbocycles. The lowest BCUT2D eigenvalue weighted by Crippen LogP contribution is -2.45. The Balaban J connectivity index is 0.000000112. The molecule has 0 atom stereocenters. The van der Waals surface area contributed by atoms with Gasteiger partial charge in [0.25, 0.3) is 0 Å². The number of likely N-dealkylation sites (N-methyl/N-ethyl adjacent to an activating group) is 3. The highest BCUT2D eigenvalue weighted by atomic mass is 16.5. The van der Waals surface area contributed by atoms with Crippen LogP contribution in [0.1, 0.15) is 44.1 Å². The molecule has 756 valence electrons. The van der Waals surface area contributed by atoms with Crippen molar-refractivity contribution >= 4 is 28.2 Å². The molecule has 0 saturated carbocycles. The van der Waals surface area contributed by atoms with Crippen LogP contribution in [-0.4, -0.2) is 314 Å². The summed E-state index contributed by atoms with van der Waals surface area (Å²) in [5, 5.41) is 22.3. The number of nitrogens with zero attached hydrogens (tertiary/aromatic N) is 25. The zero-order valence-electron chi connectivity index (χ0n) is 84.9. The number of pyridine rings is 2. The van der Waals surface area contributed by atoms with Gasteiger partial charge in [-0.25, -0.2) is 47.5 Å². The van der Waals surface area contributed by atoms with Crippen molar-refractivity contribution in [3.05, 3.63) is 330 Å². The Labute approximate surface area is 864 Å². The van der Waals surface area contributed by atoms with Crippen molar-refractivity contribution in [1.82, 2.24) is 122 Å². The van der Waals surface area contributed by atoms with Crippen molar-refractivity contribution in [2.24, 2.45) is 0 Å². The number of ether oxygens (including phenoxy) is 5. The number of hydrogen-bond acceptors (Lipinski definition) is 25. The van der Waals surface area contributed by atoms with E-state index in [1.165, 1.54) is 70.3 Å². The van der Waals surface area contributed by atoms with E-state index in [0.717, 1.165) is 282 Å². The normalized spacial score (nSPS) is 15.3. The molecule has 0 spiro atoms. The number of hydrogen-bond donors (Lipinski definition) is 0. The molecular weight excluding hydrogens is 1850 g/mol. The molecule has 0 unspecified atom stereocenters. The van der Waals surface area contributed by atoms with Gasteiger partial charge in [-0.05, 0) is 215 Å². The lowest BCUT2D eigenvalue weighted by atomic mass is 10.1. The maximum Gasteiger partial charge on any atom is 0.162 e. The summed E-state index contributed by atoms with van der Waals surface area (Å²) in [4.78, 5) is 50.8. The van der Waals surface area contributed by atoms with Gasteiger partial charge in [0.15, 0.2) is 28.2 Å². The fourth-order valence-electron chi connectivity index (χ4n) is 19.1. The van der Waals surface area contributed by atoms with Gasteiger partial charge in [-0.1, -0.05) is 134 Å². The number of aryl methyl sites for hydroxylation is 1. The molecule has 148 heavy (non-hydrogen) atoms. The maximum absolute atomic E-state index is 6.04. The standard InChI is InChI=1S/C26H29N5O.C25H26N4O.2C24H26N6O.C19H22N4O/c1-20-3-5-22(6-4-20)25-18-28-31-19-23(17-27-26(25)31)21-7-9-24(10-8-21)32-16-15-30-13-11-29(2)12-14-30;1-3-7-21(8-4-1)24-18-27-29-19-22(17-26-25(24)29)20-9-11-23(12-10-20)30-16-15-28-13-5-2-6-14-28;1-28-10-12-29(13-11-28)14-15-31-22-4-2-19(3-5-22)21-16-26-24-23(17-27-30(24)18-21)20-6-8-25-9-7-20;1-28-9-11-29(12-10-28)13-14-31-22-4-2-3-20(15-22)21-16-26-24-23(17-27-30(24)18-21)19-5-7-25-8-6-19;1-2-10-22(11-3-1)12-13-24-18-6-4-16(5-7-18)17-14-20-19-8-9-21-23(19)15-17/h3-10,17-19H,11-16H2,1-2H3;1,3-4,7-12,17-19H,2,5-6,13-16H2;2-9,16-18H,10-15H2,1H3;2-8,15-18H,9-14H2,1H3;4-9,14-15H,1-3,10-13H2. The Morgan fingerprint density at radius 3 is 0.865 bits per heavy atom. The second kappa shape index (κ2) is 49.7. The first-order valence-electron chi connectivity index (χ1n) is 51.8. The van der Waals surface area contributed by atoms with Gasteiger partial charge in [0.1, 0.15) is 61.8 Å². The van der Waals surface area contributed by atoms with Crippen LogP contribution in [-0.2, 0) is 0 Å². The van der Waals surface area contributed by atoms with E-state index in [-0.39, 0.29) is 0 Å². The van der Waals surface area contributed by atoms with E-state index in [0.29, 0.717) is 19.8 Å². The molecule has 0 amide bonds. The largest absolute Gasteiger partial charge is 0.492 e. The SMILES string of the molecule is CN1CCN(CCOc2ccc(-c3cnc4c(-c5ccncc5)cnn4c3)cc2)CC1.CN1CCN(CCOc2cccc(-c3cnc4c(-c5ccncc5)cnn4c3)c2)CC1.Cc1ccc(-c2cnn3cc(-c4ccc(OCCN5CCN(C)CC5)cc4)cnc23)cc1.c1cc2ncc(-c3ccc(OCCN4CCCCC4)cc3)cn2n1.c1ccc(-c2cnn3cc(-c4ccc(OCCN5CCCCC5)cc4)cnc23)cc1. The highest BCUT2D eigenvalue weighted by Crippen LogP contribution is 2.34. The van der Waals surface area contributed by atoms with Crippen molar-refractivity contribution < 1.29 is 23.7 Å². The van der Waals surface area contributed by atoms with E-state index in [4.69, 9.17) is 28.7 Å². The monoisotopic (exact) mass is 1980 g/mol. The van der Waals surface area contributed by atoms with E-state index in [1.54, 1.807) is 35.5 Å². The van der Waals surface area contributed by atoms with Gasteiger partial charge >= 0.3 is 0 Å². The van der Waals surface area contributed by atoms with E-state index in [1.807, 2.05) is 214 Å². The predicted molar refractivity (Wildman–Crippen MR) is 584 cm³/mol. The minimum Gasteiger partial charge on any atom is -0.492 e. The topological polar surface area (TPSA) is 249 Å². The first-order valence-corrected chi connectivity index (χ1v) is 51.8. The Hall–Kier alpha value is -15.4. The van der Waals surface area contributed by atoms with Gasteiger partial charge in [0, 0.05) is 254 Å². The highest BCUT2D eigenvalue weighted by Gasteiger charge is 2.22. The second-order valence-corrected chi connectivity index (χ2v) is 38.5. The van der Waals surface area contributed by atoms with Crippen molar-refractivity contribution in [1.29, 1.82) is 0 Å². The zero-order valence-corrected chi connectivity index (χ0v) is 84.9. The summed E-state index contributed by atoms with van der Waals surface area (Å²) in [6, 6.07) is 69.5. The molecule has 0 radical (unpaired) electrons. The molecule has 24 rings (SSSR count). The van der Waals surface area contributed by atoms with Crippen LogP contribution in [0.5, 0.6) is 28.7 Å². The van der Waals surface area contributed by atoms with Crippen LogP contribution in [0.25, 0.3) is 128 Å². The molecule has 30 nitrogen and oxygen atoms in total. The number of likely N-dealkylation sites (tertiary alicyclic amines) is 2. The van der Waals surface area contributed by atoms with E-state index < -0.39 is 0 Å². The van der Waals surface area contributed by atoms with Gasteiger partial charge in [0.05, 0.1) is 31.0 Å². The molecule has 7 aromatic carbocycles. The first-order chi connectivity index (χ1) is 72.9. The molecule has 5 aliphatic rings. The van der Waals surface area contributed by atoms with Crippen LogP contribution in [0.4, 0.5) is 0 Å². The summed E-state index contributed by atoms with van der Waals surface area (Å²) in [5.41, 5.74) is 24.5. The van der Waals surface area contributed by atoms with Gasteiger partial charge in [-0.2, -0.15) is 25.5 Å². The fourth-order valence-corrected chi connectivity index (χ4v) is 19.1. The maximum atomic E-state index is 6.04. The zero-order chi connectivity index (χ0) is 100. The minimum atomic E-state index is 0.693. The summed E-state index contributed by atoms with van der Waals surface area (Å²) in [6.07, 6.45) is 43.9. The molecule has 17 heterocycles. The van der Waals surface area contributed by atoms with E-state index in [9.17, 15) is 0 Å². The number of fused-ring (bicyclic) bond motifs is 5. The summed E-state index contributed by atoms with van der Waals surface area (Å²) in [5.74, 6) is 4.51.